The van der Waals surface area contributed by atoms with Crippen molar-refractivity contribution in [2.45, 2.75) is 0 Å². The Labute approximate surface area is 165 Å². The number of anilines is 1. The third-order valence-corrected chi connectivity index (χ3v) is 3.77. The van der Waals surface area contributed by atoms with Crippen molar-refractivity contribution in [2.75, 3.05) is 5.32 Å². The molecule has 4 rings (SSSR count). The topological polar surface area (TPSA) is 86.6 Å². The third-order valence-electron chi connectivity index (χ3n) is 3.26. The zero-order chi connectivity index (χ0) is 19.8. The second-order valence-corrected chi connectivity index (χ2v) is 6.11. The van der Waals surface area contributed by atoms with E-state index in [-0.39, 0.29) is 10.6 Å². The smallest absolute Gasteiger partial charge is 0.296 e. The van der Waals surface area contributed by atoms with Crippen LogP contribution in [0.1, 0.15) is 10.4 Å². The number of rotatable bonds is 0. The third kappa shape index (κ3) is 6.02. The SMILES string of the molecule is O=C1Nc2c(Cl)cc(Cl)cc2C1=O.Oc1ccccc1.Oc1ccccc1. The normalized spacial score (nSPS) is 11.3. The van der Waals surface area contributed by atoms with Crippen molar-refractivity contribution in [2.24, 2.45) is 0 Å². The molecule has 1 amide bonds. The van der Waals surface area contributed by atoms with E-state index >= 15 is 0 Å². The zero-order valence-corrected chi connectivity index (χ0v) is 15.4. The van der Waals surface area contributed by atoms with Gasteiger partial charge in [0, 0.05) is 5.02 Å². The van der Waals surface area contributed by atoms with Crippen LogP contribution in [0.4, 0.5) is 5.69 Å². The van der Waals surface area contributed by atoms with E-state index in [2.05, 4.69) is 5.32 Å². The predicted octanol–water partition coefficient (Wildman–Crippen LogP) is 4.91. The van der Waals surface area contributed by atoms with Gasteiger partial charge in [0.25, 0.3) is 11.7 Å². The molecule has 0 aromatic heterocycles. The van der Waals surface area contributed by atoms with Crippen LogP contribution in [0.5, 0.6) is 11.5 Å². The highest BCUT2D eigenvalue weighted by Gasteiger charge is 2.30. The molecular weight excluding hydrogens is 389 g/mol. The van der Waals surface area contributed by atoms with E-state index in [0.717, 1.165) is 0 Å². The molecule has 0 radical (unpaired) electrons. The van der Waals surface area contributed by atoms with Gasteiger partial charge in [-0.15, -0.1) is 0 Å². The highest BCUT2D eigenvalue weighted by Crippen LogP contribution is 2.33. The molecule has 0 saturated carbocycles. The highest BCUT2D eigenvalue weighted by atomic mass is 35.5. The van der Waals surface area contributed by atoms with Crippen molar-refractivity contribution in [3.63, 3.8) is 0 Å². The van der Waals surface area contributed by atoms with Gasteiger partial charge in [0.2, 0.25) is 0 Å². The number of para-hydroxylation sites is 2. The van der Waals surface area contributed by atoms with Gasteiger partial charge in [0.15, 0.2) is 0 Å². The molecule has 3 N–H and O–H groups in total. The fourth-order valence-electron chi connectivity index (χ4n) is 2.03. The maximum Gasteiger partial charge on any atom is 0.296 e. The first-order valence-corrected chi connectivity index (χ1v) is 8.47. The van der Waals surface area contributed by atoms with Crippen LogP contribution in [0.25, 0.3) is 0 Å². The number of phenols is 2. The summed E-state index contributed by atoms with van der Waals surface area (Å²) in [6.07, 6.45) is 0. The average molecular weight is 404 g/mol. The summed E-state index contributed by atoms with van der Waals surface area (Å²) in [5, 5.41) is 20.2. The van der Waals surface area contributed by atoms with Gasteiger partial charge >= 0.3 is 0 Å². The average Bonchev–Trinajstić information content (AvgIpc) is 2.93. The number of hydrogen-bond acceptors (Lipinski definition) is 4. The van der Waals surface area contributed by atoms with Crippen molar-refractivity contribution in [1.82, 2.24) is 0 Å². The lowest BCUT2D eigenvalue weighted by atomic mass is 10.1. The molecule has 5 nitrogen and oxygen atoms in total. The fourth-order valence-corrected chi connectivity index (χ4v) is 2.57. The number of Topliss-reactive ketones (excluding diaryl/α,β-unsaturated/α-hetero) is 1. The number of phenolic OH excluding ortho intramolecular Hbond substituents is 2. The van der Waals surface area contributed by atoms with E-state index in [0.29, 0.717) is 22.2 Å². The summed E-state index contributed by atoms with van der Waals surface area (Å²) in [4.78, 5) is 22.1. The van der Waals surface area contributed by atoms with Gasteiger partial charge in [0.1, 0.15) is 11.5 Å². The minimum Gasteiger partial charge on any atom is -0.508 e. The molecule has 7 heteroatoms. The quantitative estimate of drug-likeness (QED) is 0.465. The number of amides is 1. The van der Waals surface area contributed by atoms with Crippen LogP contribution in [0, 0.1) is 0 Å². The Morgan fingerprint density at radius 2 is 1.22 bits per heavy atom. The number of halogens is 2. The Kier molecular flexibility index (Phi) is 7.23. The summed E-state index contributed by atoms with van der Waals surface area (Å²) in [7, 11) is 0. The molecule has 1 aliphatic heterocycles. The number of carbonyl (C=O) groups excluding carboxylic acids is 2. The zero-order valence-electron chi connectivity index (χ0n) is 13.9. The Balaban J connectivity index is 0.000000159. The first-order chi connectivity index (χ1) is 12.9. The standard InChI is InChI=1S/C8H3Cl2NO2.2C6H6O/c9-3-1-4-6(5(10)2-3)11-8(13)7(4)12;2*7-6-4-2-1-3-5-6/h1-2H,(H,11,12,13);2*1-5,7H. The molecule has 0 bridgehead atoms. The number of ketones is 1. The number of benzene rings is 3. The van der Waals surface area contributed by atoms with Crippen LogP contribution in [0.15, 0.2) is 72.8 Å². The molecule has 3 aromatic rings. The van der Waals surface area contributed by atoms with Gasteiger partial charge in [-0.2, -0.15) is 0 Å². The fraction of sp³-hybridized carbons (Fsp3) is 0. The summed E-state index contributed by atoms with van der Waals surface area (Å²) >= 11 is 11.4. The van der Waals surface area contributed by atoms with Crippen molar-refractivity contribution in [1.29, 1.82) is 0 Å². The second-order valence-electron chi connectivity index (χ2n) is 5.26. The lowest BCUT2D eigenvalue weighted by Gasteiger charge is -1.99. The number of carbonyl (C=O) groups is 2. The summed E-state index contributed by atoms with van der Waals surface area (Å²) in [6, 6.07) is 20.3. The second kappa shape index (κ2) is 9.62. The Morgan fingerprint density at radius 3 is 1.63 bits per heavy atom. The number of hydrogen-bond donors (Lipinski definition) is 3. The van der Waals surface area contributed by atoms with E-state index in [1.54, 1.807) is 48.5 Å². The number of nitrogens with one attached hydrogen (secondary N) is 1. The van der Waals surface area contributed by atoms with Gasteiger partial charge in [-0.1, -0.05) is 59.6 Å². The van der Waals surface area contributed by atoms with Crippen LogP contribution in [-0.2, 0) is 4.79 Å². The van der Waals surface area contributed by atoms with Gasteiger partial charge in [-0.3, -0.25) is 9.59 Å². The van der Waals surface area contributed by atoms with Crippen molar-refractivity contribution in [3.05, 3.63) is 88.4 Å². The van der Waals surface area contributed by atoms with Crippen molar-refractivity contribution >= 4 is 40.6 Å². The van der Waals surface area contributed by atoms with E-state index in [1.807, 2.05) is 12.1 Å². The largest absolute Gasteiger partial charge is 0.508 e. The molecule has 1 aliphatic rings. The molecular formula is C20H15Cl2NO4. The van der Waals surface area contributed by atoms with Crippen molar-refractivity contribution in [3.8, 4) is 11.5 Å². The first-order valence-electron chi connectivity index (χ1n) is 7.71. The van der Waals surface area contributed by atoms with Crippen molar-refractivity contribution < 1.29 is 19.8 Å². The predicted molar refractivity (Wildman–Crippen MR) is 106 cm³/mol. The number of fused-ring (bicyclic) bond motifs is 1. The molecule has 0 fully saturated rings. The Hall–Kier alpha value is -3.02. The molecule has 0 aliphatic carbocycles. The van der Waals surface area contributed by atoms with Gasteiger partial charge in [0.05, 0.1) is 16.3 Å². The lowest BCUT2D eigenvalue weighted by molar-refractivity contribution is -0.112. The Morgan fingerprint density at radius 1 is 0.741 bits per heavy atom. The molecule has 27 heavy (non-hydrogen) atoms. The first kappa shape index (κ1) is 20.3. The Bertz CT molecular complexity index is 894. The molecule has 0 unspecified atom stereocenters. The van der Waals surface area contributed by atoms with Crippen LogP contribution in [0.2, 0.25) is 10.0 Å². The molecule has 1 heterocycles. The van der Waals surface area contributed by atoms with E-state index in [9.17, 15) is 9.59 Å². The maximum absolute atomic E-state index is 11.2. The van der Waals surface area contributed by atoms with E-state index < -0.39 is 11.7 Å². The van der Waals surface area contributed by atoms with Crippen LogP contribution < -0.4 is 5.32 Å². The van der Waals surface area contributed by atoms with Gasteiger partial charge in [-0.25, -0.2) is 0 Å². The minimum absolute atomic E-state index is 0.238. The summed E-state index contributed by atoms with van der Waals surface area (Å²) in [6.45, 7) is 0. The van der Waals surface area contributed by atoms with Gasteiger partial charge in [-0.05, 0) is 36.4 Å². The molecule has 3 aromatic carbocycles. The van der Waals surface area contributed by atoms with E-state index in [4.69, 9.17) is 33.4 Å². The van der Waals surface area contributed by atoms with Crippen LogP contribution in [0.3, 0.4) is 0 Å². The molecule has 138 valence electrons. The molecule has 0 spiro atoms. The summed E-state index contributed by atoms with van der Waals surface area (Å²) < 4.78 is 0. The highest BCUT2D eigenvalue weighted by molar-refractivity contribution is 6.54. The van der Waals surface area contributed by atoms with Crippen LogP contribution >= 0.6 is 23.2 Å². The van der Waals surface area contributed by atoms with Crippen LogP contribution in [-0.4, -0.2) is 21.9 Å². The maximum atomic E-state index is 11.2. The lowest BCUT2D eigenvalue weighted by Crippen LogP contribution is -2.12. The van der Waals surface area contributed by atoms with E-state index in [1.165, 1.54) is 12.1 Å². The summed E-state index contributed by atoms with van der Waals surface area (Å²) in [5.74, 6) is -0.622. The minimum atomic E-state index is -0.667. The number of aromatic hydroxyl groups is 2. The van der Waals surface area contributed by atoms with Gasteiger partial charge < -0.3 is 15.5 Å². The summed E-state index contributed by atoms with van der Waals surface area (Å²) in [5.41, 5.74) is 0.587. The molecule has 0 atom stereocenters. The monoisotopic (exact) mass is 403 g/mol. The molecule has 0 saturated heterocycles.